The minimum Gasteiger partial charge on any atom is -0.394 e. The summed E-state index contributed by atoms with van der Waals surface area (Å²) in [6, 6.07) is 7.04. The van der Waals surface area contributed by atoms with Crippen LogP contribution >= 0.6 is 15.9 Å². The topological polar surface area (TPSA) is 69.6 Å². The van der Waals surface area contributed by atoms with Gasteiger partial charge in [0, 0.05) is 4.47 Å². The lowest BCUT2D eigenvalue weighted by molar-refractivity contribution is 0.0631. The molecule has 0 aliphatic carbocycles. The van der Waals surface area contributed by atoms with Crippen LogP contribution in [0.25, 0.3) is 0 Å². The number of halogens is 1. The van der Waals surface area contributed by atoms with E-state index in [0.717, 1.165) is 6.42 Å². The highest BCUT2D eigenvalue weighted by Crippen LogP contribution is 2.18. The highest BCUT2D eigenvalue weighted by molar-refractivity contribution is 9.10. The molecule has 1 rings (SSSR count). The Labute approximate surface area is 115 Å². The fourth-order valence-corrected chi connectivity index (χ4v) is 2.25. The zero-order chi connectivity index (χ0) is 13.6. The average Bonchev–Trinajstić information content (AvgIpc) is 2.38. The molecule has 1 aromatic carbocycles. The van der Waals surface area contributed by atoms with Crippen molar-refractivity contribution in [3.63, 3.8) is 0 Å². The van der Waals surface area contributed by atoms with Crippen molar-refractivity contribution < 1.29 is 15.0 Å². The Morgan fingerprint density at radius 3 is 2.44 bits per heavy atom. The second-order valence-electron chi connectivity index (χ2n) is 4.28. The molecule has 18 heavy (non-hydrogen) atoms. The van der Waals surface area contributed by atoms with Crippen molar-refractivity contribution in [1.29, 1.82) is 0 Å². The maximum absolute atomic E-state index is 12.1. The van der Waals surface area contributed by atoms with Gasteiger partial charge in [-0.05, 0) is 34.5 Å². The van der Waals surface area contributed by atoms with E-state index in [2.05, 4.69) is 21.2 Å². The van der Waals surface area contributed by atoms with Crippen LogP contribution < -0.4 is 5.32 Å². The van der Waals surface area contributed by atoms with Gasteiger partial charge < -0.3 is 15.5 Å². The highest BCUT2D eigenvalue weighted by Gasteiger charge is 2.30. The van der Waals surface area contributed by atoms with E-state index in [0.29, 0.717) is 16.5 Å². The SMILES string of the molecule is CCCC(CO)(CO)NC(=O)c1ccccc1Br. The van der Waals surface area contributed by atoms with Gasteiger partial charge in [0.2, 0.25) is 0 Å². The van der Waals surface area contributed by atoms with Crippen molar-refractivity contribution >= 4 is 21.8 Å². The average molecular weight is 316 g/mol. The zero-order valence-electron chi connectivity index (χ0n) is 10.3. The van der Waals surface area contributed by atoms with E-state index in [-0.39, 0.29) is 19.1 Å². The lowest BCUT2D eigenvalue weighted by atomic mass is 9.95. The molecule has 1 aromatic rings. The van der Waals surface area contributed by atoms with Crippen LogP contribution in [0, 0.1) is 0 Å². The van der Waals surface area contributed by atoms with E-state index in [9.17, 15) is 15.0 Å². The summed E-state index contributed by atoms with van der Waals surface area (Å²) in [4.78, 5) is 12.1. The summed E-state index contributed by atoms with van der Waals surface area (Å²) in [5.74, 6) is -0.306. The zero-order valence-corrected chi connectivity index (χ0v) is 11.9. The molecule has 3 N–H and O–H groups in total. The minimum atomic E-state index is -0.957. The first-order valence-corrected chi connectivity index (χ1v) is 6.66. The van der Waals surface area contributed by atoms with Gasteiger partial charge in [0.15, 0.2) is 0 Å². The molecule has 0 heterocycles. The predicted molar refractivity (Wildman–Crippen MR) is 73.4 cm³/mol. The largest absolute Gasteiger partial charge is 0.394 e. The van der Waals surface area contributed by atoms with Crippen LogP contribution in [0.2, 0.25) is 0 Å². The smallest absolute Gasteiger partial charge is 0.253 e. The van der Waals surface area contributed by atoms with Gasteiger partial charge in [-0.3, -0.25) is 4.79 Å². The number of aliphatic hydroxyl groups is 2. The van der Waals surface area contributed by atoms with Gasteiger partial charge in [-0.2, -0.15) is 0 Å². The minimum absolute atomic E-state index is 0.284. The van der Waals surface area contributed by atoms with Gasteiger partial charge in [0.25, 0.3) is 5.91 Å². The quantitative estimate of drug-likeness (QED) is 0.748. The Hall–Kier alpha value is -0.910. The second-order valence-corrected chi connectivity index (χ2v) is 5.13. The van der Waals surface area contributed by atoms with Crippen LogP contribution in [0.4, 0.5) is 0 Å². The number of rotatable bonds is 6. The van der Waals surface area contributed by atoms with Gasteiger partial charge in [0.1, 0.15) is 0 Å². The van der Waals surface area contributed by atoms with Gasteiger partial charge >= 0.3 is 0 Å². The summed E-state index contributed by atoms with van der Waals surface area (Å²) in [7, 11) is 0. The van der Waals surface area contributed by atoms with Crippen LogP contribution in [-0.2, 0) is 0 Å². The number of benzene rings is 1. The molecule has 0 atom stereocenters. The first kappa shape index (κ1) is 15.1. The maximum Gasteiger partial charge on any atom is 0.253 e. The highest BCUT2D eigenvalue weighted by atomic mass is 79.9. The summed E-state index contributed by atoms with van der Waals surface area (Å²) in [6.45, 7) is 1.37. The predicted octanol–water partition coefficient (Wildman–Crippen LogP) is 1.70. The number of nitrogens with one attached hydrogen (secondary N) is 1. The van der Waals surface area contributed by atoms with Crippen LogP contribution in [0.15, 0.2) is 28.7 Å². The van der Waals surface area contributed by atoms with Crippen molar-refractivity contribution in [3.05, 3.63) is 34.3 Å². The summed E-state index contributed by atoms with van der Waals surface area (Å²) >= 11 is 3.30. The number of hydrogen-bond donors (Lipinski definition) is 3. The molecule has 0 radical (unpaired) electrons. The lowest BCUT2D eigenvalue weighted by Crippen LogP contribution is -2.54. The second kappa shape index (κ2) is 6.87. The third kappa shape index (κ3) is 3.54. The Kier molecular flexibility index (Phi) is 5.78. The molecule has 0 aliphatic rings. The molecule has 0 saturated heterocycles. The molecule has 1 amide bonds. The maximum atomic E-state index is 12.1. The Morgan fingerprint density at radius 1 is 1.33 bits per heavy atom. The molecule has 0 spiro atoms. The Morgan fingerprint density at radius 2 is 1.94 bits per heavy atom. The first-order chi connectivity index (χ1) is 8.58. The van der Waals surface area contributed by atoms with Crippen molar-refractivity contribution in [3.8, 4) is 0 Å². The normalized spacial score (nSPS) is 11.3. The standard InChI is InChI=1S/C13H18BrNO3/c1-2-7-13(8-16,9-17)15-12(18)10-5-3-4-6-11(10)14/h3-6,16-17H,2,7-9H2,1H3,(H,15,18). The van der Waals surface area contributed by atoms with Gasteiger partial charge in [-0.25, -0.2) is 0 Å². The summed E-state index contributed by atoms with van der Waals surface area (Å²) in [5.41, 5.74) is -0.471. The van der Waals surface area contributed by atoms with E-state index in [1.54, 1.807) is 18.2 Å². The number of hydrogen-bond acceptors (Lipinski definition) is 3. The molecule has 5 heteroatoms. The third-order valence-corrected chi connectivity index (χ3v) is 3.52. The van der Waals surface area contributed by atoms with E-state index in [1.807, 2.05) is 13.0 Å². The van der Waals surface area contributed by atoms with Crippen LogP contribution in [0.1, 0.15) is 30.1 Å². The van der Waals surface area contributed by atoms with Crippen molar-refractivity contribution in [1.82, 2.24) is 5.32 Å². The van der Waals surface area contributed by atoms with Gasteiger partial charge in [-0.15, -0.1) is 0 Å². The van der Waals surface area contributed by atoms with Crippen molar-refractivity contribution in [2.24, 2.45) is 0 Å². The Bertz CT molecular complexity index is 405. The van der Waals surface area contributed by atoms with Crippen LogP contribution in [-0.4, -0.2) is 34.9 Å². The molecule has 0 unspecified atom stereocenters. The molecule has 0 saturated carbocycles. The Balaban J connectivity index is 2.88. The van der Waals surface area contributed by atoms with Crippen LogP contribution in [0.3, 0.4) is 0 Å². The van der Waals surface area contributed by atoms with Crippen molar-refractivity contribution in [2.45, 2.75) is 25.3 Å². The molecule has 0 fully saturated rings. The monoisotopic (exact) mass is 315 g/mol. The third-order valence-electron chi connectivity index (χ3n) is 2.83. The fourth-order valence-electron chi connectivity index (χ4n) is 1.78. The summed E-state index contributed by atoms with van der Waals surface area (Å²) in [5, 5.41) is 21.5. The summed E-state index contributed by atoms with van der Waals surface area (Å²) in [6.07, 6.45) is 1.29. The van der Waals surface area contributed by atoms with Gasteiger partial charge in [-0.1, -0.05) is 25.5 Å². The van der Waals surface area contributed by atoms with E-state index < -0.39 is 5.54 Å². The lowest BCUT2D eigenvalue weighted by Gasteiger charge is -2.30. The molecule has 4 nitrogen and oxygen atoms in total. The number of amides is 1. The molecule has 100 valence electrons. The molecular formula is C13H18BrNO3. The first-order valence-electron chi connectivity index (χ1n) is 5.87. The molecule has 0 aromatic heterocycles. The van der Waals surface area contributed by atoms with Crippen LogP contribution in [0.5, 0.6) is 0 Å². The number of carbonyl (C=O) groups is 1. The molecular weight excluding hydrogens is 298 g/mol. The molecule has 0 aliphatic heterocycles. The van der Waals surface area contributed by atoms with E-state index in [4.69, 9.17) is 0 Å². The van der Waals surface area contributed by atoms with Crippen molar-refractivity contribution in [2.75, 3.05) is 13.2 Å². The van der Waals surface area contributed by atoms with Gasteiger partial charge in [0.05, 0.1) is 24.3 Å². The summed E-state index contributed by atoms with van der Waals surface area (Å²) < 4.78 is 0.684. The van der Waals surface area contributed by atoms with E-state index >= 15 is 0 Å². The van der Waals surface area contributed by atoms with E-state index in [1.165, 1.54) is 0 Å². The fraction of sp³-hybridized carbons (Fsp3) is 0.462. The molecule has 0 bridgehead atoms. The number of carbonyl (C=O) groups excluding carboxylic acids is 1. The number of aliphatic hydroxyl groups excluding tert-OH is 2.